The third-order valence-corrected chi connectivity index (χ3v) is 7.61. The van der Waals surface area contributed by atoms with Gasteiger partial charge in [-0.25, -0.2) is 4.39 Å². The first kappa shape index (κ1) is 20.7. The molecule has 166 valence electrons. The van der Waals surface area contributed by atoms with E-state index in [0.29, 0.717) is 17.7 Å². The summed E-state index contributed by atoms with van der Waals surface area (Å²) in [4.78, 5) is 12.9. The van der Waals surface area contributed by atoms with E-state index in [1.807, 2.05) is 30.1 Å². The van der Waals surface area contributed by atoms with Gasteiger partial charge in [0.15, 0.2) is 0 Å². The van der Waals surface area contributed by atoms with Crippen molar-refractivity contribution in [3.63, 3.8) is 0 Å². The number of nitrogens with zero attached hydrogens (tertiary/aromatic N) is 3. The quantitative estimate of drug-likeness (QED) is 0.426. The topological polar surface area (TPSA) is 92.3 Å². The van der Waals surface area contributed by atoms with Crippen molar-refractivity contribution in [1.29, 1.82) is 0 Å². The van der Waals surface area contributed by atoms with Crippen LogP contribution in [0.3, 0.4) is 0 Å². The van der Waals surface area contributed by atoms with Crippen molar-refractivity contribution in [3.05, 3.63) is 72.4 Å². The van der Waals surface area contributed by atoms with Crippen molar-refractivity contribution >= 4 is 27.4 Å². The first-order valence-electron chi connectivity index (χ1n) is 10.2. The Kier molecular flexibility index (Phi) is 5.04. The molecule has 3 heterocycles. The number of hydrogen-bond acceptors (Lipinski definition) is 4. The van der Waals surface area contributed by atoms with E-state index in [4.69, 9.17) is 0 Å². The molecule has 0 radical (unpaired) electrons. The van der Waals surface area contributed by atoms with Gasteiger partial charge in [0.2, 0.25) is 0 Å². The van der Waals surface area contributed by atoms with E-state index in [-0.39, 0.29) is 23.5 Å². The number of aromatic nitrogens is 3. The summed E-state index contributed by atoms with van der Waals surface area (Å²) < 4.78 is 36.8. The first-order valence-corrected chi connectivity index (χ1v) is 12.1. The monoisotopic (exact) mass is 454 g/mol. The molecule has 3 N–H and O–H groups in total. The van der Waals surface area contributed by atoms with Crippen LogP contribution in [0.5, 0.6) is 0 Å². The van der Waals surface area contributed by atoms with Gasteiger partial charge in [-0.05, 0) is 42.8 Å². The van der Waals surface area contributed by atoms with E-state index >= 15 is 0 Å². The van der Waals surface area contributed by atoms with Crippen molar-refractivity contribution in [1.82, 2.24) is 19.7 Å². The summed E-state index contributed by atoms with van der Waals surface area (Å²) in [7, 11) is -0.736. The van der Waals surface area contributed by atoms with E-state index < -0.39 is 10.6 Å². The smallest absolute Gasteiger partial charge is 0.251 e. The number of aryl methyl sites for hydroxylation is 1. The Hall–Kier alpha value is -3.14. The Morgan fingerprint density at radius 1 is 1.19 bits per heavy atom. The molecule has 0 spiro atoms. The molecule has 1 saturated heterocycles. The molecule has 32 heavy (non-hydrogen) atoms. The molecule has 1 fully saturated rings. The van der Waals surface area contributed by atoms with Gasteiger partial charge in [-0.2, -0.15) is 15.7 Å². The van der Waals surface area contributed by atoms with Crippen LogP contribution in [0.1, 0.15) is 16.8 Å². The lowest BCUT2D eigenvalue weighted by molar-refractivity contribution is 0.0941. The molecule has 5 rings (SSSR count). The second-order valence-corrected chi connectivity index (χ2v) is 10.5. The molecule has 0 bridgehead atoms. The summed E-state index contributed by atoms with van der Waals surface area (Å²) in [6, 6.07) is 11.4. The normalized spacial score (nSPS) is 18.7. The number of benzene rings is 2. The van der Waals surface area contributed by atoms with Crippen molar-refractivity contribution in [2.45, 2.75) is 12.5 Å². The van der Waals surface area contributed by atoms with Crippen LogP contribution in [0.25, 0.3) is 27.7 Å². The van der Waals surface area contributed by atoms with E-state index in [1.54, 1.807) is 35.1 Å². The number of halogens is 1. The molecule has 7 nitrogen and oxygen atoms in total. The van der Waals surface area contributed by atoms with E-state index in [9.17, 15) is 18.3 Å². The summed E-state index contributed by atoms with van der Waals surface area (Å²) in [6.45, 7) is 0. The Labute approximate surface area is 185 Å². The van der Waals surface area contributed by atoms with Gasteiger partial charge in [0.1, 0.15) is 5.82 Å². The highest BCUT2D eigenvalue weighted by Gasteiger charge is 2.29. The van der Waals surface area contributed by atoms with Crippen LogP contribution < -0.4 is 5.32 Å². The van der Waals surface area contributed by atoms with Gasteiger partial charge in [-0.3, -0.25) is 18.6 Å². The van der Waals surface area contributed by atoms with Crippen molar-refractivity contribution in [3.8, 4) is 16.8 Å². The van der Waals surface area contributed by atoms with Crippen LogP contribution >= 0.6 is 10.6 Å². The fraction of sp³-hybridized carbons (Fsp3) is 0.217. The number of amides is 1. The standard InChI is InChI=1S/C23H23FN4O3S/c1-27-12-16(11-25-27)21-13-28(19-5-3-17(24)4-6-19)22-10-15(2-7-20(21)22)23(29)26-18-8-9-32(30,31)14-18/h2-7,10-13,18,30-31H,8-9,14H2,1H3,(H,26,29). The lowest BCUT2D eigenvalue weighted by Crippen LogP contribution is -2.35. The van der Waals surface area contributed by atoms with E-state index in [1.165, 1.54) is 12.1 Å². The van der Waals surface area contributed by atoms with Crippen LogP contribution in [0, 0.1) is 5.82 Å². The predicted octanol–water partition coefficient (Wildman–Crippen LogP) is 4.42. The fourth-order valence-corrected chi connectivity index (χ4v) is 5.90. The van der Waals surface area contributed by atoms with Crippen LogP contribution in [-0.2, 0) is 7.05 Å². The highest BCUT2D eigenvalue weighted by atomic mass is 32.3. The number of rotatable bonds is 4. The van der Waals surface area contributed by atoms with Crippen molar-refractivity contribution < 1.29 is 18.3 Å². The molecule has 2 aromatic heterocycles. The minimum absolute atomic E-state index is 0.193. The van der Waals surface area contributed by atoms with Gasteiger partial charge in [-0.1, -0.05) is 6.07 Å². The number of hydrogen-bond donors (Lipinski definition) is 3. The molecule has 0 aliphatic carbocycles. The SMILES string of the molecule is Cn1cc(-c2cn(-c3ccc(F)cc3)c3cc(C(=O)NC4CCS(O)(O)C4)ccc23)cn1. The van der Waals surface area contributed by atoms with Gasteiger partial charge in [0, 0.05) is 59.0 Å². The molecule has 2 aromatic carbocycles. The third-order valence-electron chi connectivity index (χ3n) is 5.79. The lowest BCUT2D eigenvalue weighted by Gasteiger charge is -2.26. The lowest BCUT2D eigenvalue weighted by atomic mass is 10.1. The first-order chi connectivity index (χ1) is 15.3. The Bertz CT molecular complexity index is 1310. The summed E-state index contributed by atoms with van der Waals surface area (Å²) >= 11 is 0. The molecule has 4 aromatic rings. The number of nitrogens with one attached hydrogen (secondary N) is 1. The Morgan fingerprint density at radius 2 is 1.97 bits per heavy atom. The number of carbonyl (C=O) groups excluding carboxylic acids is 1. The maximum Gasteiger partial charge on any atom is 0.251 e. The molecule has 1 atom stereocenters. The van der Waals surface area contributed by atoms with Crippen LogP contribution in [0.4, 0.5) is 4.39 Å². The van der Waals surface area contributed by atoms with E-state index in [2.05, 4.69) is 10.4 Å². The Balaban J connectivity index is 1.57. The van der Waals surface area contributed by atoms with Gasteiger partial charge in [0.25, 0.3) is 5.91 Å². The fourth-order valence-electron chi connectivity index (χ4n) is 4.18. The zero-order valence-electron chi connectivity index (χ0n) is 17.4. The average Bonchev–Trinajstić information content (AvgIpc) is 3.44. The second-order valence-electron chi connectivity index (χ2n) is 8.16. The zero-order valence-corrected chi connectivity index (χ0v) is 18.2. The summed E-state index contributed by atoms with van der Waals surface area (Å²) in [6.07, 6.45) is 6.21. The maximum atomic E-state index is 13.5. The molecule has 1 unspecified atom stereocenters. The highest BCUT2D eigenvalue weighted by Crippen LogP contribution is 2.45. The molecule has 1 amide bonds. The van der Waals surface area contributed by atoms with Gasteiger partial charge >= 0.3 is 0 Å². The zero-order chi connectivity index (χ0) is 22.5. The minimum atomic E-state index is -2.59. The Morgan fingerprint density at radius 3 is 2.62 bits per heavy atom. The van der Waals surface area contributed by atoms with Crippen molar-refractivity contribution in [2.75, 3.05) is 11.5 Å². The molecule has 0 saturated carbocycles. The second kappa shape index (κ2) is 7.77. The molecular weight excluding hydrogens is 431 g/mol. The van der Waals surface area contributed by atoms with Crippen LogP contribution in [0.15, 0.2) is 61.1 Å². The summed E-state index contributed by atoms with van der Waals surface area (Å²) in [5, 5.41) is 8.12. The average molecular weight is 455 g/mol. The minimum Gasteiger partial charge on any atom is -0.348 e. The number of fused-ring (bicyclic) bond motifs is 1. The summed E-state index contributed by atoms with van der Waals surface area (Å²) in [5.74, 6) is -0.0687. The predicted molar refractivity (Wildman–Crippen MR) is 124 cm³/mol. The van der Waals surface area contributed by atoms with Gasteiger partial charge in [-0.15, -0.1) is 0 Å². The molecule has 9 heteroatoms. The highest BCUT2D eigenvalue weighted by molar-refractivity contribution is 8.24. The number of carbonyl (C=O) groups is 1. The third kappa shape index (κ3) is 3.90. The van der Waals surface area contributed by atoms with E-state index in [0.717, 1.165) is 27.7 Å². The van der Waals surface area contributed by atoms with Crippen LogP contribution in [0.2, 0.25) is 0 Å². The largest absolute Gasteiger partial charge is 0.348 e. The van der Waals surface area contributed by atoms with Gasteiger partial charge in [0.05, 0.1) is 17.5 Å². The van der Waals surface area contributed by atoms with Crippen molar-refractivity contribution in [2.24, 2.45) is 7.05 Å². The molecular formula is C23H23FN4O3S. The summed E-state index contributed by atoms with van der Waals surface area (Å²) in [5.41, 5.74) is 3.94. The maximum absolute atomic E-state index is 13.5. The molecule has 1 aliphatic rings. The van der Waals surface area contributed by atoms with Gasteiger partial charge < -0.3 is 9.88 Å². The van der Waals surface area contributed by atoms with Crippen LogP contribution in [-0.4, -0.2) is 46.9 Å². The molecule has 1 aliphatic heterocycles.